The monoisotopic (exact) mass is 316 g/mol. The lowest BCUT2D eigenvalue weighted by Crippen LogP contribution is -1.94. The molecule has 0 aliphatic heterocycles. The summed E-state index contributed by atoms with van der Waals surface area (Å²) in [6.45, 7) is 0.514. The van der Waals surface area contributed by atoms with Gasteiger partial charge >= 0.3 is 0 Å². The SMILES string of the molecule is Nc1ccc2[nH]cc(COc3cccc(Br)c3)c2c1. The third-order valence-corrected chi connectivity index (χ3v) is 3.48. The molecule has 1 heterocycles. The van der Waals surface area contributed by atoms with Crippen LogP contribution in [0.4, 0.5) is 5.69 Å². The molecule has 0 unspecified atom stereocenters. The summed E-state index contributed by atoms with van der Waals surface area (Å²) in [7, 11) is 0. The molecule has 0 atom stereocenters. The third-order valence-electron chi connectivity index (χ3n) is 2.98. The van der Waals surface area contributed by atoms with Crippen LogP contribution in [0.2, 0.25) is 0 Å². The molecule has 0 amide bonds. The predicted octanol–water partition coefficient (Wildman–Crippen LogP) is 4.09. The normalized spacial score (nSPS) is 10.8. The van der Waals surface area contributed by atoms with Crippen molar-refractivity contribution in [2.75, 3.05) is 5.73 Å². The number of hydrogen-bond donors (Lipinski definition) is 2. The minimum Gasteiger partial charge on any atom is -0.489 e. The molecule has 0 saturated heterocycles. The van der Waals surface area contributed by atoms with Crippen LogP contribution in [0.15, 0.2) is 53.1 Å². The summed E-state index contributed by atoms with van der Waals surface area (Å²) in [6, 6.07) is 13.6. The highest BCUT2D eigenvalue weighted by Gasteiger charge is 2.05. The van der Waals surface area contributed by atoms with Crippen LogP contribution < -0.4 is 10.5 Å². The van der Waals surface area contributed by atoms with Crippen molar-refractivity contribution in [3.8, 4) is 5.75 Å². The van der Waals surface area contributed by atoms with Crippen LogP contribution >= 0.6 is 15.9 Å². The Bertz CT molecular complexity index is 721. The molecule has 3 rings (SSSR count). The van der Waals surface area contributed by atoms with Crippen LogP contribution in [0.25, 0.3) is 10.9 Å². The van der Waals surface area contributed by atoms with Gasteiger partial charge in [-0.15, -0.1) is 0 Å². The highest BCUT2D eigenvalue weighted by Crippen LogP contribution is 2.23. The van der Waals surface area contributed by atoms with Gasteiger partial charge in [-0.3, -0.25) is 0 Å². The first-order valence-corrected chi connectivity index (χ1v) is 6.75. The van der Waals surface area contributed by atoms with Crippen LogP contribution in [0.5, 0.6) is 5.75 Å². The molecular weight excluding hydrogens is 304 g/mol. The van der Waals surface area contributed by atoms with Crippen LogP contribution in [0, 0.1) is 0 Å². The Kier molecular flexibility index (Phi) is 3.17. The van der Waals surface area contributed by atoms with Crippen molar-refractivity contribution in [3.63, 3.8) is 0 Å². The molecule has 3 aromatic rings. The molecular formula is C15H13BrN2O. The van der Waals surface area contributed by atoms with Gasteiger partial charge in [0.2, 0.25) is 0 Å². The number of aromatic amines is 1. The van der Waals surface area contributed by atoms with E-state index in [0.717, 1.165) is 32.4 Å². The molecule has 3 N–H and O–H groups in total. The zero-order chi connectivity index (χ0) is 13.2. The molecule has 4 heteroatoms. The summed E-state index contributed by atoms with van der Waals surface area (Å²) in [6.07, 6.45) is 1.96. The van der Waals surface area contributed by atoms with Gasteiger partial charge < -0.3 is 15.5 Å². The number of rotatable bonds is 3. The second kappa shape index (κ2) is 4.97. The van der Waals surface area contributed by atoms with E-state index >= 15 is 0 Å². The number of H-pyrrole nitrogens is 1. The zero-order valence-corrected chi connectivity index (χ0v) is 11.8. The topological polar surface area (TPSA) is 51.0 Å². The van der Waals surface area contributed by atoms with E-state index < -0.39 is 0 Å². The van der Waals surface area contributed by atoms with Gasteiger partial charge in [-0.25, -0.2) is 0 Å². The molecule has 0 fully saturated rings. The van der Waals surface area contributed by atoms with Gasteiger partial charge in [-0.05, 0) is 36.4 Å². The number of hydrogen-bond acceptors (Lipinski definition) is 2. The van der Waals surface area contributed by atoms with Crippen molar-refractivity contribution in [1.82, 2.24) is 4.98 Å². The smallest absolute Gasteiger partial charge is 0.120 e. The Balaban J connectivity index is 1.84. The van der Waals surface area contributed by atoms with Crippen molar-refractivity contribution >= 4 is 32.5 Å². The standard InChI is InChI=1S/C15H13BrN2O/c16-11-2-1-3-13(6-11)19-9-10-8-18-15-5-4-12(17)7-14(10)15/h1-8,18H,9,17H2. The number of ether oxygens (including phenoxy) is 1. The molecule has 96 valence electrons. The van der Waals surface area contributed by atoms with E-state index in [9.17, 15) is 0 Å². The first kappa shape index (κ1) is 12.1. The van der Waals surface area contributed by atoms with Gasteiger partial charge in [0.15, 0.2) is 0 Å². The number of nitrogens with two attached hydrogens (primary N) is 1. The van der Waals surface area contributed by atoms with Crippen molar-refractivity contribution in [3.05, 3.63) is 58.7 Å². The average Bonchev–Trinajstić information content (AvgIpc) is 2.79. The van der Waals surface area contributed by atoms with E-state index in [2.05, 4.69) is 20.9 Å². The number of anilines is 1. The fraction of sp³-hybridized carbons (Fsp3) is 0.0667. The molecule has 0 saturated carbocycles. The zero-order valence-electron chi connectivity index (χ0n) is 10.2. The van der Waals surface area contributed by atoms with E-state index in [4.69, 9.17) is 10.5 Å². The lowest BCUT2D eigenvalue weighted by Gasteiger charge is -2.05. The maximum absolute atomic E-state index is 5.82. The molecule has 1 aromatic heterocycles. The summed E-state index contributed by atoms with van der Waals surface area (Å²) < 4.78 is 6.80. The van der Waals surface area contributed by atoms with Crippen molar-refractivity contribution in [1.29, 1.82) is 0 Å². The number of fused-ring (bicyclic) bond motifs is 1. The highest BCUT2D eigenvalue weighted by atomic mass is 79.9. The first-order chi connectivity index (χ1) is 9.22. The lowest BCUT2D eigenvalue weighted by molar-refractivity contribution is 0.307. The number of aromatic nitrogens is 1. The summed E-state index contributed by atoms with van der Waals surface area (Å²) in [5.41, 5.74) is 8.75. The molecule has 0 radical (unpaired) electrons. The Morgan fingerprint density at radius 2 is 2.05 bits per heavy atom. The second-order valence-corrected chi connectivity index (χ2v) is 5.28. The van der Waals surface area contributed by atoms with Crippen molar-refractivity contribution in [2.45, 2.75) is 6.61 Å². The molecule has 0 bridgehead atoms. The number of halogens is 1. The summed E-state index contributed by atoms with van der Waals surface area (Å²) in [5.74, 6) is 0.840. The largest absolute Gasteiger partial charge is 0.489 e. The fourth-order valence-corrected chi connectivity index (χ4v) is 2.41. The van der Waals surface area contributed by atoms with E-state index in [1.54, 1.807) is 0 Å². The maximum Gasteiger partial charge on any atom is 0.120 e. The quantitative estimate of drug-likeness (QED) is 0.715. The summed E-state index contributed by atoms with van der Waals surface area (Å²) >= 11 is 3.43. The summed E-state index contributed by atoms with van der Waals surface area (Å²) in [5, 5.41) is 1.11. The maximum atomic E-state index is 5.82. The minimum absolute atomic E-state index is 0.514. The van der Waals surface area contributed by atoms with Gasteiger partial charge in [0.25, 0.3) is 0 Å². The Morgan fingerprint density at radius 1 is 1.16 bits per heavy atom. The first-order valence-electron chi connectivity index (χ1n) is 5.96. The molecule has 0 aliphatic rings. The highest BCUT2D eigenvalue weighted by molar-refractivity contribution is 9.10. The molecule has 19 heavy (non-hydrogen) atoms. The third kappa shape index (κ3) is 2.58. The summed E-state index contributed by atoms with van der Waals surface area (Å²) in [4.78, 5) is 3.22. The number of benzene rings is 2. The van der Waals surface area contributed by atoms with Crippen LogP contribution in [-0.2, 0) is 6.61 Å². The molecule has 0 spiro atoms. The van der Waals surface area contributed by atoms with E-state index in [0.29, 0.717) is 6.61 Å². The Hall–Kier alpha value is -1.94. The minimum atomic E-state index is 0.514. The van der Waals surface area contributed by atoms with Crippen molar-refractivity contribution < 1.29 is 4.74 Å². The molecule has 0 aliphatic carbocycles. The van der Waals surface area contributed by atoms with Gasteiger partial charge in [0.1, 0.15) is 12.4 Å². The van der Waals surface area contributed by atoms with Crippen LogP contribution in [0.3, 0.4) is 0 Å². The molecule has 3 nitrogen and oxygen atoms in total. The van der Waals surface area contributed by atoms with E-state index in [-0.39, 0.29) is 0 Å². The van der Waals surface area contributed by atoms with Gasteiger partial charge in [-0.2, -0.15) is 0 Å². The van der Waals surface area contributed by atoms with E-state index in [1.165, 1.54) is 0 Å². The number of nitrogens with one attached hydrogen (secondary N) is 1. The van der Waals surface area contributed by atoms with Crippen LogP contribution in [-0.4, -0.2) is 4.98 Å². The van der Waals surface area contributed by atoms with Crippen LogP contribution in [0.1, 0.15) is 5.56 Å². The van der Waals surface area contributed by atoms with Gasteiger partial charge in [-0.1, -0.05) is 22.0 Å². The average molecular weight is 317 g/mol. The second-order valence-electron chi connectivity index (χ2n) is 4.36. The van der Waals surface area contributed by atoms with Gasteiger partial charge in [0, 0.05) is 32.8 Å². The molecule has 2 aromatic carbocycles. The number of nitrogen functional groups attached to an aromatic ring is 1. The van der Waals surface area contributed by atoms with E-state index in [1.807, 2.05) is 48.7 Å². The fourth-order valence-electron chi connectivity index (χ4n) is 2.03. The lowest BCUT2D eigenvalue weighted by atomic mass is 10.1. The predicted molar refractivity (Wildman–Crippen MR) is 81.2 cm³/mol. The van der Waals surface area contributed by atoms with Crippen molar-refractivity contribution in [2.24, 2.45) is 0 Å². The Morgan fingerprint density at radius 3 is 2.89 bits per heavy atom. The van der Waals surface area contributed by atoms with Gasteiger partial charge in [0.05, 0.1) is 0 Å². The Labute approximate surface area is 119 Å².